The molecule has 20 heavy (non-hydrogen) atoms. The van der Waals surface area contributed by atoms with Crippen LogP contribution in [-0.2, 0) is 6.42 Å². The smallest absolute Gasteiger partial charge is 0.142 e. The van der Waals surface area contributed by atoms with Crippen molar-refractivity contribution in [2.24, 2.45) is 0 Å². The van der Waals surface area contributed by atoms with Crippen LogP contribution in [0.3, 0.4) is 0 Å². The van der Waals surface area contributed by atoms with Crippen molar-refractivity contribution in [3.05, 3.63) is 68.9 Å². The van der Waals surface area contributed by atoms with Gasteiger partial charge in [-0.15, -0.1) is 0 Å². The van der Waals surface area contributed by atoms with Crippen LogP contribution in [-0.4, -0.2) is 13.6 Å². The predicted octanol–water partition coefficient (Wildman–Crippen LogP) is 4.79. The van der Waals surface area contributed by atoms with Gasteiger partial charge >= 0.3 is 0 Å². The lowest BCUT2D eigenvalue weighted by Gasteiger charge is -2.17. The van der Waals surface area contributed by atoms with Gasteiger partial charge in [-0.25, -0.2) is 4.39 Å². The molecule has 1 N–H and O–H groups in total. The zero-order valence-corrected chi connectivity index (χ0v) is 13.5. The zero-order valence-electron chi connectivity index (χ0n) is 11.2. The molecule has 4 heteroatoms. The minimum atomic E-state index is -0.358. The molecule has 0 radical (unpaired) electrons. The highest BCUT2D eigenvalue weighted by Crippen LogP contribution is 2.24. The summed E-state index contributed by atoms with van der Waals surface area (Å²) in [5, 5.41) is 3.36. The lowest BCUT2D eigenvalue weighted by molar-refractivity contribution is 0.608. The number of halogens is 3. The third-order valence-corrected chi connectivity index (χ3v) is 4.09. The summed E-state index contributed by atoms with van der Waals surface area (Å²) >= 11 is 9.16. The van der Waals surface area contributed by atoms with Gasteiger partial charge in [-0.3, -0.25) is 0 Å². The second-order valence-corrected chi connectivity index (χ2v) is 6.08. The van der Waals surface area contributed by atoms with E-state index in [0.29, 0.717) is 5.92 Å². The van der Waals surface area contributed by atoms with E-state index in [2.05, 4.69) is 33.4 Å². The van der Waals surface area contributed by atoms with E-state index in [1.807, 2.05) is 25.2 Å². The largest absolute Gasteiger partial charge is 0.319 e. The van der Waals surface area contributed by atoms with Crippen molar-refractivity contribution in [3.63, 3.8) is 0 Å². The van der Waals surface area contributed by atoms with Gasteiger partial charge in [0.15, 0.2) is 0 Å². The molecule has 2 aromatic rings. The Hall–Kier alpha value is -0.900. The molecule has 2 aromatic carbocycles. The predicted molar refractivity (Wildman–Crippen MR) is 85.9 cm³/mol. The van der Waals surface area contributed by atoms with Crippen LogP contribution >= 0.6 is 27.5 Å². The fourth-order valence-electron chi connectivity index (χ4n) is 2.24. The van der Waals surface area contributed by atoms with E-state index in [0.717, 1.165) is 23.0 Å². The van der Waals surface area contributed by atoms with E-state index in [9.17, 15) is 4.39 Å². The van der Waals surface area contributed by atoms with E-state index in [-0.39, 0.29) is 10.8 Å². The van der Waals surface area contributed by atoms with Gasteiger partial charge in [-0.05, 0) is 48.9 Å². The number of benzene rings is 2. The van der Waals surface area contributed by atoms with E-state index >= 15 is 0 Å². The van der Waals surface area contributed by atoms with E-state index in [1.165, 1.54) is 11.6 Å². The van der Waals surface area contributed by atoms with Crippen LogP contribution in [0.15, 0.2) is 46.9 Å². The lowest BCUT2D eigenvalue weighted by Crippen LogP contribution is -2.19. The fraction of sp³-hybridized carbons (Fsp3) is 0.250. The van der Waals surface area contributed by atoms with Crippen LogP contribution < -0.4 is 5.32 Å². The molecule has 2 rings (SSSR count). The molecular formula is C16H16BrClFN. The maximum Gasteiger partial charge on any atom is 0.142 e. The second-order valence-electron chi connectivity index (χ2n) is 4.76. The summed E-state index contributed by atoms with van der Waals surface area (Å²) < 4.78 is 14.6. The van der Waals surface area contributed by atoms with Crippen molar-refractivity contribution in [2.75, 3.05) is 13.6 Å². The average molecular weight is 357 g/mol. The van der Waals surface area contributed by atoms with Crippen LogP contribution in [0.5, 0.6) is 0 Å². The highest BCUT2D eigenvalue weighted by Gasteiger charge is 2.13. The number of hydrogen-bond acceptors (Lipinski definition) is 1. The maximum absolute atomic E-state index is 13.5. The van der Waals surface area contributed by atoms with Crippen LogP contribution in [0, 0.1) is 5.82 Å². The molecule has 0 spiro atoms. The van der Waals surface area contributed by atoms with Gasteiger partial charge in [0.1, 0.15) is 5.82 Å². The number of rotatable bonds is 5. The molecule has 0 aliphatic carbocycles. The summed E-state index contributed by atoms with van der Waals surface area (Å²) in [6, 6.07) is 13.3. The topological polar surface area (TPSA) is 12.0 Å². The Balaban J connectivity index is 2.20. The molecule has 1 unspecified atom stereocenters. The van der Waals surface area contributed by atoms with Gasteiger partial charge in [-0.1, -0.05) is 45.7 Å². The van der Waals surface area contributed by atoms with Crippen LogP contribution in [0.25, 0.3) is 0 Å². The lowest BCUT2D eigenvalue weighted by atomic mass is 9.92. The third kappa shape index (κ3) is 4.05. The van der Waals surface area contributed by atoms with E-state index < -0.39 is 0 Å². The molecule has 0 saturated carbocycles. The summed E-state index contributed by atoms with van der Waals surface area (Å²) in [6.45, 7) is 0.839. The summed E-state index contributed by atoms with van der Waals surface area (Å²) in [6.07, 6.45) is 0.774. The van der Waals surface area contributed by atoms with Gasteiger partial charge in [0, 0.05) is 16.9 Å². The first kappa shape index (κ1) is 15.5. The highest BCUT2D eigenvalue weighted by atomic mass is 79.9. The Kier molecular flexibility index (Phi) is 5.58. The number of likely N-dealkylation sites (N-methyl/N-ethyl adjacent to an activating group) is 1. The average Bonchev–Trinajstić information content (AvgIpc) is 2.43. The van der Waals surface area contributed by atoms with E-state index in [1.54, 1.807) is 6.07 Å². The van der Waals surface area contributed by atoms with Crippen LogP contribution in [0.2, 0.25) is 5.02 Å². The standard InChI is InChI=1S/C16H16BrClFN/c1-20-10-13(12-3-5-14(17)6-4-12)8-11-2-7-15(18)16(19)9-11/h2-7,9,13,20H,8,10H2,1H3. The number of nitrogens with one attached hydrogen (secondary N) is 1. The summed E-state index contributed by atoms with van der Waals surface area (Å²) in [4.78, 5) is 0. The van der Waals surface area contributed by atoms with Crippen molar-refractivity contribution in [1.29, 1.82) is 0 Å². The Labute approximate surface area is 132 Å². The molecular weight excluding hydrogens is 341 g/mol. The molecule has 0 saturated heterocycles. The maximum atomic E-state index is 13.5. The van der Waals surface area contributed by atoms with Gasteiger partial charge in [-0.2, -0.15) is 0 Å². The van der Waals surface area contributed by atoms with Crippen molar-refractivity contribution < 1.29 is 4.39 Å². The van der Waals surface area contributed by atoms with Crippen molar-refractivity contribution in [2.45, 2.75) is 12.3 Å². The Morgan fingerprint density at radius 3 is 2.50 bits per heavy atom. The Bertz CT molecular complexity index is 571. The zero-order chi connectivity index (χ0) is 14.5. The van der Waals surface area contributed by atoms with Gasteiger partial charge < -0.3 is 5.32 Å². The summed E-state index contributed by atoms with van der Waals surface area (Å²) in [5.41, 5.74) is 2.19. The molecule has 0 bridgehead atoms. The first-order chi connectivity index (χ1) is 9.60. The number of hydrogen-bond donors (Lipinski definition) is 1. The molecule has 1 atom stereocenters. The summed E-state index contributed by atoms with van der Waals surface area (Å²) in [5.74, 6) is -0.0585. The molecule has 1 nitrogen and oxygen atoms in total. The SMILES string of the molecule is CNCC(Cc1ccc(Cl)c(F)c1)c1ccc(Br)cc1. The molecule has 0 heterocycles. The molecule has 0 amide bonds. The quantitative estimate of drug-likeness (QED) is 0.812. The summed E-state index contributed by atoms with van der Waals surface area (Å²) in [7, 11) is 1.92. The Morgan fingerprint density at radius 2 is 1.90 bits per heavy atom. The normalized spacial score (nSPS) is 12.4. The van der Waals surface area contributed by atoms with Gasteiger partial charge in [0.05, 0.1) is 5.02 Å². The first-order valence-corrected chi connectivity index (χ1v) is 7.61. The molecule has 0 aliphatic heterocycles. The molecule has 0 aromatic heterocycles. The molecule has 0 aliphatic rings. The monoisotopic (exact) mass is 355 g/mol. The minimum Gasteiger partial charge on any atom is -0.319 e. The van der Waals surface area contributed by atoms with Crippen LogP contribution in [0.4, 0.5) is 4.39 Å². The first-order valence-electron chi connectivity index (χ1n) is 6.44. The molecule has 0 fully saturated rings. The third-order valence-electron chi connectivity index (χ3n) is 3.26. The molecule has 106 valence electrons. The van der Waals surface area contributed by atoms with Crippen molar-refractivity contribution in [1.82, 2.24) is 5.32 Å². The van der Waals surface area contributed by atoms with Gasteiger partial charge in [0.2, 0.25) is 0 Å². The van der Waals surface area contributed by atoms with Gasteiger partial charge in [0.25, 0.3) is 0 Å². The van der Waals surface area contributed by atoms with Crippen molar-refractivity contribution >= 4 is 27.5 Å². The second kappa shape index (κ2) is 7.21. The van der Waals surface area contributed by atoms with Crippen LogP contribution in [0.1, 0.15) is 17.0 Å². The van der Waals surface area contributed by atoms with E-state index in [4.69, 9.17) is 11.6 Å². The minimum absolute atomic E-state index is 0.169. The highest BCUT2D eigenvalue weighted by molar-refractivity contribution is 9.10. The Morgan fingerprint density at radius 1 is 1.20 bits per heavy atom. The fourth-order valence-corrected chi connectivity index (χ4v) is 2.62. The van der Waals surface area contributed by atoms with Crippen molar-refractivity contribution in [3.8, 4) is 0 Å².